The fourth-order valence-corrected chi connectivity index (χ4v) is 0.616. The molecule has 4 nitrogen and oxygen atoms in total. The number of nitrogens with one attached hydrogen (secondary N) is 1. The van der Waals surface area contributed by atoms with Crippen LogP contribution in [0.5, 0.6) is 0 Å². The second kappa shape index (κ2) is 2.68. The lowest BCUT2D eigenvalue weighted by molar-refractivity contribution is 0.731. The van der Waals surface area contributed by atoms with Gasteiger partial charge in [-0.2, -0.15) is 0 Å². The van der Waals surface area contributed by atoms with E-state index >= 15 is 0 Å². The van der Waals surface area contributed by atoms with Crippen LogP contribution < -0.4 is 4.90 Å². The predicted octanol–water partition coefficient (Wildman–Crippen LogP) is 0.649. The van der Waals surface area contributed by atoms with Crippen molar-refractivity contribution in [3.8, 4) is 0 Å². The molecule has 1 aromatic rings. The van der Waals surface area contributed by atoms with E-state index in [1.165, 1.54) is 0 Å². The van der Waals surface area contributed by atoms with Crippen LogP contribution in [0, 0.1) is 0 Å². The minimum atomic E-state index is 0.452. The minimum Gasteiger partial charge on any atom is -0.342 e. The number of aromatic nitrogens is 3. The van der Waals surface area contributed by atoms with Crippen molar-refractivity contribution in [3.63, 3.8) is 0 Å². The fraction of sp³-hybridized carbons (Fsp3) is 0.667. The lowest BCUT2D eigenvalue weighted by Gasteiger charge is -2.19. The molecule has 0 aliphatic carbocycles. The van der Waals surface area contributed by atoms with Crippen LogP contribution in [0.2, 0.25) is 0 Å². The molecule has 0 unspecified atom stereocenters. The average Bonchev–Trinajstić information content (AvgIpc) is 2.36. The zero-order valence-corrected chi connectivity index (χ0v) is 6.50. The van der Waals surface area contributed by atoms with E-state index in [1.54, 1.807) is 6.33 Å². The first-order chi connectivity index (χ1) is 4.72. The van der Waals surface area contributed by atoms with Gasteiger partial charge in [-0.25, -0.2) is 0 Å². The highest BCUT2D eigenvalue weighted by molar-refractivity contribution is 5.26. The molecule has 4 heteroatoms. The normalized spacial score (nSPS) is 10.4. The fourth-order valence-electron chi connectivity index (χ4n) is 0.616. The van der Waals surface area contributed by atoms with Gasteiger partial charge >= 0.3 is 0 Å². The van der Waals surface area contributed by atoms with Crippen molar-refractivity contribution >= 4 is 5.95 Å². The number of aromatic amines is 1. The van der Waals surface area contributed by atoms with Gasteiger partial charge in [-0.1, -0.05) is 0 Å². The van der Waals surface area contributed by atoms with E-state index in [9.17, 15) is 0 Å². The number of hydrogen-bond acceptors (Lipinski definition) is 3. The Morgan fingerprint density at radius 3 is 2.70 bits per heavy atom. The maximum Gasteiger partial charge on any atom is 0.224 e. The van der Waals surface area contributed by atoms with Gasteiger partial charge in [-0.3, -0.25) is 0 Å². The second-order valence-corrected chi connectivity index (χ2v) is 2.52. The number of nitrogens with zero attached hydrogens (tertiary/aromatic N) is 3. The number of hydrogen-bond donors (Lipinski definition) is 1. The Morgan fingerprint density at radius 1 is 1.60 bits per heavy atom. The second-order valence-electron chi connectivity index (χ2n) is 2.52. The molecular weight excluding hydrogens is 128 g/mol. The van der Waals surface area contributed by atoms with E-state index in [1.807, 2.05) is 11.9 Å². The van der Waals surface area contributed by atoms with Crippen LogP contribution in [-0.4, -0.2) is 28.3 Å². The molecule has 0 spiro atoms. The van der Waals surface area contributed by atoms with E-state index in [4.69, 9.17) is 0 Å². The van der Waals surface area contributed by atoms with Gasteiger partial charge in [0.15, 0.2) is 0 Å². The molecule has 56 valence electrons. The summed E-state index contributed by atoms with van der Waals surface area (Å²) in [4.78, 5) is 4.94. The van der Waals surface area contributed by atoms with Crippen LogP contribution in [0.1, 0.15) is 13.8 Å². The first kappa shape index (κ1) is 7.05. The molecule has 10 heavy (non-hydrogen) atoms. The molecule has 0 atom stereocenters. The third-order valence-corrected chi connectivity index (χ3v) is 1.51. The molecule has 0 aliphatic heterocycles. The number of anilines is 1. The topological polar surface area (TPSA) is 44.8 Å². The molecule has 1 heterocycles. The minimum absolute atomic E-state index is 0.452. The first-order valence-corrected chi connectivity index (χ1v) is 3.30. The summed E-state index contributed by atoms with van der Waals surface area (Å²) in [7, 11) is 1.98. The summed E-state index contributed by atoms with van der Waals surface area (Å²) in [5.74, 6) is 0.815. The zero-order valence-electron chi connectivity index (χ0n) is 6.50. The van der Waals surface area contributed by atoms with Gasteiger partial charge in [0.2, 0.25) is 5.95 Å². The average molecular weight is 140 g/mol. The summed E-state index contributed by atoms with van der Waals surface area (Å²) in [6.45, 7) is 4.20. The monoisotopic (exact) mass is 140 g/mol. The van der Waals surface area contributed by atoms with E-state index in [0.29, 0.717) is 6.04 Å². The van der Waals surface area contributed by atoms with Crippen molar-refractivity contribution in [3.05, 3.63) is 6.33 Å². The van der Waals surface area contributed by atoms with Gasteiger partial charge in [0, 0.05) is 13.1 Å². The van der Waals surface area contributed by atoms with Crippen molar-refractivity contribution < 1.29 is 0 Å². The van der Waals surface area contributed by atoms with Crippen LogP contribution >= 0.6 is 0 Å². The molecule has 0 aliphatic rings. The van der Waals surface area contributed by atoms with Crippen molar-refractivity contribution in [1.29, 1.82) is 0 Å². The molecule has 0 radical (unpaired) electrons. The van der Waals surface area contributed by atoms with E-state index in [2.05, 4.69) is 29.0 Å². The predicted molar refractivity (Wildman–Crippen MR) is 39.9 cm³/mol. The molecule has 0 saturated heterocycles. The molecule has 0 fully saturated rings. The highest BCUT2D eigenvalue weighted by atomic mass is 15.3. The van der Waals surface area contributed by atoms with Crippen LogP contribution in [-0.2, 0) is 0 Å². The molecule has 0 saturated carbocycles. The van der Waals surface area contributed by atoms with Gasteiger partial charge < -0.3 is 9.88 Å². The summed E-state index contributed by atoms with van der Waals surface area (Å²) in [6.07, 6.45) is 1.58. The van der Waals surface area contributed by atoms with Crippen LogP contribution in [0.4, 0.5) is 5.95 Å². The highest BCUT2D eigenvalue weighted by Crippen LogP contribution is 2.04. The van der Waals surface area contributed by atoms with Crippen molar-refractivity contribution in [1.82, 2.24) is 15.2 Å². The Bertz CT molecular complexity index is 180. The number of rotatable bonds is 2. The Morgan fingerprint density at radius 2 is 2.30 bits per heavy atom. The summed E-state index contributed by atoms with van der Waals surface area (Å²) >= 11 is 0. The zero-order chi connectivity index (χ0) is 7.56. The van der Waals surface area contributed by atoms with E-state index in [0.717, 1.165) is 5.95 Å². The maximum atomic E-state index is 3.86. The first-order valence-electron chi connectivity index (χ1n) is 3.30. The van der Waals surface area contributed by atoms with Gasteiger partial charge in [0.25, 0.3) is 0 Å². The molecule has 1 rings (SSSR count). The van der Waals surface area contributed by atoms with Crippen molar-refractivity contribution in [2.45, 2.75) is 19.9 Å². The van der Waals surface area contributed by atoms with E-state index < -0.39 is 0 Å². The molecular formula is C6H12N4. The molecule has 1 N–H and O–H groups in total. The third kappa shape index (κ3) is 1.26. The number of H-pyrrole nitrogens is 1. The van der Waals surface area contributed by atoms with Crippen LogP contribution in [0.15, 0.2) is 6.33 Å². The Labute approximate surface area is 60.3 Å². The maximum absolute atomic E-state index is 3.86. The molecule has 0 aromatic carbocycles. The van der Waals surface area contributed by atoms with Crippen LogP contribution in [0.25, 0.3) is 0 Å². The quantitative estimate of drug-likeness (QED) is 0.656. The van der Waals surface area contributed by atoms with Crippen molar-refractivity contribution in [2.75, 3.05) is 11.9 Å². The molecule has 0 bridgehead atoms. The van der Waals surface area contributed by atoms with Crippen LogP contribution in [0.3, 0.4) is 0 Å². The lowest BCUT2D eigenvalue weighted by atomic mass is 10.4. The van der Waals surface area contributed by atoms with Gasteiger partial charge in [0.1, 0.15) is 6.33 Å². The Hall–Kier alpha value is -1.06. The molecule has 0 amide bonds. The highest BCUT2D eigenvalue weighted by Gasteiger charge is 2.05. The van der Waals surface area contributed by atoms with Gasteiger partial charge in [0.05, 0.1) is 0 Å². The van der Waals surface area contributed by atoms with Gasteiger partial charge in [-0.15, -0.1) is 10.2 Å². The van der Waals surface area contributed by atoms with Gasteiger partial charge in [-0.05, 0) is 13.8 Å². The Balaban J connectivity index is 2.68. The third-order valence-electron chi connectivity index (χ3n) is 1.51. The smallest absolute Gasteiger partial charge is 0.224 e. The largest absolute Gasteiger partial charge is 0.342 e. The van der Waals surface area contributed by atoms with Crippen molar-refractivity contribution in [2.24, 2.45) is 0 Å². The van der Waals surface area contributed by atoms with E-state index in [-0.39, 0.29) is 0 Å². The summed E-state index contributed by atoms with van der Waals surface area (Å²) in [5.41, 5.74) is 0. The summed E-state index contributed by atoms with van der Waals surface area (Å²) in [6, 6.07) is 0.452. The summed E-state index contributed by atoms with van der Waals surface area (Å²) < 4.78 is 0. The SMILES string of the molecule is CC(C)N(C)c1nnc[nH]1. The lowest BCUT2D eigenvalue weighted by Crippen LogP contribution is -2.26. The summed E-state index contributed by atoms with van der Waals surface area (Å²) in [5, 5.41) is 7.54. The molecule has 1 aromatic heterocycles. The standard InChI is InChI=1S/C6H12N4/c1-5(2)10(3)6-7-4-8-9-6/h4-5H,1-3H3,(H,7,8,9). The Kier molecular flexibility index (Phi) is 1.89.